The topological polar surface area (TPSA) is 60.2 Å². The Morgan fingerprint density at radius 3 is 2.96 bits per heavy atom. The van der Waals surface area contributed by atoms with E-state index in [4.69, 9.17) is 16.3 Å². The standard InChI is InChI=1S/C17H18ClFN4O2/c1-17(9-25-10-17)8-22-7-14(20-21-22)16(24)23-6-2-3-11-13(19)5-4-12(18)15(11)23/h4-5,7H,2-3,6,8-10H2,1H3. The number of carbonyl (C=O) groups excluding carboxylic acids is 1. The third kappa shape index (κ3) is 2.91. The highest BCUT2D eigenvalue weighted by molar-refractivity contribution is 6.34. The minimum absolute atomic E-state index is 0.0260. The van der Waals surface area contributed by atoms with E-state index in [1.807, 2.05) is 0 Å². The van der Waals surface area contributed by atoms with Gasteiger partial charge in [0.05, 0.1) is 36.7 Å². The van der Waals surface area contributed by atoms with Crippen LogP contribution in [0.1, 0.15) is 29.4 Å². The molecule has 1 fully saturated rings. The molecular formula is C17H18ClFN4O2. The molecule has 1 aromatic carbocycles. The number of anilines is 1. The molecule has 1 saturated heterocycles. The number of fused-ring (bicyclic) bond motifs is 1. The average molecular weight is 365 g/mol. The molecular weight excluding hydrogens is 347 g/mol. The van der Waals surface area contributed by atoms with Crippen LogP contribution < -0.4 is 4.90 Å². The highest BCUT2D eigenvalue weighted by Gasteiger charge is 2.35. The first-order valence-corrected chi connectivity index (χ1v) is 8.61. The van der Waals surface area contributed by atoms with Crippen molar-refractivity contribution in [2.45, 2.75) is 26.3 Å². The largest absolute Gasteiger partial charge is 0.380 e. The highest BCUT2D eigenvalue weighted by atomic mass is 35.5. The van der Waals surface area contributed by atoms with E-state index in [0.29, 0.717) is 55.4 Å². The molecule has 0 unspecified atom stereocenters. The molecule has 0 spiro atoms. The van der Waals surface area contributed by atoms with E-state index in [2.05, 4.69) is 17.2 Å². The van der Waals surface area contributed by atoms with E-state index < -0.39 is 0 Å². The number of ether oxygens (including phenoxy) is 1. The second-order valence-electron chi connectivity index (χ2n) is 7.02. The van der Waals surface area contributed by atoms with Crippen LogP contribution in [-0.4, -0.2) is 40.7 Å². The lowest BCUT2D eigenvalue weighted by Gasteiger charge is -2.37. The monoisotopic (exact) mass is 364 g/mol. The third-order valence-electron chi connectivity index (χ3n) is 4.70. The van der Waals surface area contributed by atoms with Crippen LogP contribution in [0.25, 0.3) is 0 Å². The van der Waals surface area contributed by atoms with Crippen molar-refractivity contribution in [3.63, 3.8) is 0 Å². The van der Waals surface area contributed by atoms with Crippen molar-refractivity contribution in [2.75, 3.05) is 24.7 Å². The Balaban J connectivity index is 1.61. The van der Waals surface area contributed by atoms with Gasteiger partial charge in [-0.05, 0) is 25.0 Å². The van der Waals surface area contributed by atoms with Gasteiger partial charge in [0.1, 0.15) is 5.82 Å². The molecule has 6 nitrogen and oxygen atoms in total. The zero-order valence-electron chi connectivity index (χ0n) is 13.8. The highest BCUT2D eigenvalue weighted by Crippen LogP contribution is 2.36. The summed E-state index contributed by atoms with van der Waals surface area (Å²) in [7, 11) is 0. The summed E-state index contributed by atoms with van der Waals surface area (Å²) in [6.07, 6.45) is 2.88. The maximum atomic E-state index is 14.1. The van der Waals surface area contributed by atoms with Gasteiger partial charge in [-0.2, -0.15) is 0 Å². The van der Waals surface area contributed by atoms with Crippen LogP contribution in [0.2, 0.25) is 5.02 Å². The summed E-state index contributed by atoms with van der Waals surface area (Å²) in [6.45, 7) is 4.56. The number of hydrogen-bond acceptors (Lipinski definition) is 4. The van der Waals surface area contributed by atoms with Gasteiger partial charge in [0, 0.05) is 17.5 Å². The Morgan fingerprint density at radius 2 is 2.24 bits per heavy atom. The lowest BCUT2D eigenvalue weighted by Crippen LogP contribution is -2.43. The lowest BCUT2D eigenvalue weighted by atomic mass is 9.89. The molecule has 4 rings (SSSR count). The van der Waals surface area contributed by atoms with Gasteiger partial charge in [0.2, 0.25) is 0 Å². The molecule has 1 aromatic heterocycles. The maximum absolute atomic E-state index is 14.1. The first-order valence-electron chi connectivity index (χ1n) is 8.23. The smallest absolute Gasteiger partial charge is 0.280 e. The molecule has 0 bridgehead atoms. The molecule has 2 aliphatic rings. The quantitative estimate of drug-likeness (QED) is 0.840. The van der Waals surface area contributed by atoms with Crippen LogP contribution in [-0.2, 0) is 17.7 Å². The second kappa shape index (κ2) is 6.07. The fourth-order valence-corrected chi connectivity index (χ4v) is 3.67. The van der Waals surface area contributed by atoms with E-state index in [1.165, 1.54) is 17.0 Å². The number of amides is 1. The molecule has 25 heavy (non-hydrogen) atoms. The minimum atomic E-state index is -0.335. The molecule has 2 aromatic rings. The zero-order chi connectivity index (χ0) is 17.6. The van der Waals surface area contributed by atoms with Crippen LogP contribution in [0, 0.1) is 11.2 Å². The summed E-state index contributed by atoms with van der Waals surface area (Å²) < 4.78 is 21.0. The molecule has 0 aliphatic carbocycles. The maximum Gasteiger partial charge on any atom is 0.280 e. The number of carbonyl (C=O) groups is 1. The van der Waals surface area contributed by atoms with Crippen molar-refractivity contribution in [1.82, 2.24) is 15.0 Å². The van der Waals surface area contributed by atoms with Crippen molar-refractivity contribution in [3.05, 3.63) is 40.4 Å². The molecule has 0 saturated carbocycles. The summed E-state index contributed by atoms with van der Waals surface area (Å²) in [4.78, 5) is 14.4. The summed E-state index contributed by atoms with van der Waals surface area (Å²) in [6, 6.07) is 2.82. The number of aromatic nitrogens is 3. The summed E-state index contributed by atoms with van der Waals surface area (Å²) in [5.41, 5.74) is 1.19. The number of benzene rings is 1. The number of nitrogens with zero attached hydrogens (tertiary/aromatic N) is 4. The van der Waals surface area contributed by atoms with E-state index in [0.717, 1.165) is 0 Å². The van der Waals surface area contributed by atoms with Crippen LogP contribution in [0.5, 0.6) is 0 Å². The summed E-state index contributed by atoms with van der Waals surface area (Å²) >= 11 is 6.24. The van der Waals surface area contributed by atoms with Crippen molar-refractivity contribution in [2.24, 2.45) is 5.41 Å². The predicted octanol–water partition coefficient (Wildman–Crippen LogP) is 2.70. The second-order valence-corrected chi connectivity index (χ2v) is 7.43. The molecule has 132 valence electrons. The molecule has 1 amide bonds. The first-order chi connectivity index (χ1) is 12.0. The molecule has 0 atom stereocenters. The van der Waals surface area contributed by atoms with Crippen molar-refractivity contribution in [1.29, 1.82) is 0 Å². The van der Waals surface area contributed by atoms with Crippen molar-refractivity contribution >= 4 is 23.2 Å². The Morgan fingerprint density at radius 1 is 1.44 bits per heavy atom. The summed E-state index contributed by atoms with van der Waals surface area (Å²) in [5, 5.41) is 8.43. The van der Waals surface area contributed by atoms with E-state index >= 15 is 0 Å². The van der Waals surface area contributed by atoms with Gasteiger partial charge in [0.25, 0.3) is 5.91 Å². The van der Waals surface area contributed by atoms with Gasteiger partial charge in [-0.3, -0.25) is 9.48 Å². The van der Waals surface area contributed by atoms with E-state index in [9.17, 15) is 9.18 Å². The van der Waals surface area contributed by atoms with Crippen LogP contribution in [0.4, 0.5) is 10.1 Å². The third-order valence-corrected chi connectivity index (χ3v) is 5.01. The van der Waals surface area contributed by atoms with Crippen LogP contribution >= 0.6 is 11.6 Å². The van der Waals surface area contributed by atoms with E-state index in [-0.39, 0.29) is 22.8 Å². The van der Waals surface area contributed by atoms with E-state index in [1.54, 1.807) is 10.9 Å². The Hall–Kier alpha value is -1.99. The average Bonchev–Trinajstić information content (AvgIpc) is 3.04. The first kappa shape index (κ1) is 16.5. The van der Waals surface area contributed by atoms with Gasteiger partial charge < -0.3 is 9.64 Å². The number of rotatable bonds is 3. The van der Waals surface area contributed by atoms with Gasteiger partial charge >= 0.3 is 0 Å². The molecule has 0 radical (unpaired) electrons. The SMILES string of the molecule is CC1(Cn2cc(C(=O)N3CCCc4c(F)ccc(Cl)c43)nn2)COC1. The van der Waals surface area contributed by atoms with Crippen molar-refractivity contribution in [3.8, 4) is 0 Å². The zero-order valence-corrected chi connectivity index (χ0v) is 14.6. The van der Waals surface area contributed by atoms with Gasteiger partial charge in [-0.1, -0.05) is 23.7 Å². The Bertz CT molecular complexity index is 834. The molecule has 2 aliphatic heterocycles. The Labute approximate surface area is 149 Å². The number of halogens is 2. The molecule has 8 heteroatoms. The summed E-state index contributed by atoms with van der Waals surface area (Å²) in [5.74, 6) is -0.645. The van der Waals surface area contributed by atoms with Gasteiger partial charge in [0.15, 0.2) is 5.69 Å². The lowest BCUT2D eigenvalue weighted by molar-refractivity contribution is -0.111. The Kier molecular flexibility index (Phi) is 4.00. The predicted molar refractivity (Wildman–Crippen MR) is 90.4 cm³/mol. The normalized spacial score (nSPS) is 18.6. The van der Waals surface area contributed by atoms with Gasteiger partial charge in [-0.25, -0.2) is 4.39 Å². The number of hydrogen-bond donors (Lipinski definition) is 0. The van der Waals surface area contributed by atoms with Crippen LogP contribution in [0.3, 0.4) is 0 Å². The molecule has 3 heterocycles. The van der Waals surface area contributed by atoms with Crippen LogP contribution in [0.15, 0.2) is 18.3 Å². The fraction of sp³-hybridized carbons (Fsp3) is 0.471. The van der Waals surface area contributed by atoms with Gasteiger partial charge in [-0.15, -0.1) is 5.10 Å². The van der Waals surface area contributed by atoms with Crippen molar-refractivity contribution < 1.29 is 13.9 Å². The fourth-order valence-electron chi connectivity index (χ4n) is 3.39. The molecule has 0 N–H and O–H groups in total. The minimum Gasteiger partial charge on any atom is -0.380 e.